The predicted octanol–water partition coefficient (Wildman–Crippen LogP) is 2.17. The van der Waals surface area contributed by atoms with E-state index in [1.807, 2.05) is 18.2 Å². The molecular weight excluding hydrogens is 188 g/mol. The van der Waals surface area contributed by atoms with Gasteiger partial charge in [0.2, 0.25) is 0 Å². The first-order valence-corrected chi connectivity index (χ1v) is 5.33. The molecule has 3 heteroatoms. The molecule has 3 nitrogen and oxygen atoms in total. The van der Waals surface area contributed by atoms with Gasteiger partial charge in [0, 0.05) is 12.6 Å². The van der Waals surface area contributed by atoms with Gasteiger partial charge in [-0.1, -0.05) is 13.0 Å². The Morgan fingerprint density at radius 1 is 1.47 bits per heavy atom. The minimum absolute atomic E-state index is 0.535. The largest absolute Gasteiger partial charge is 0.495 e. The van der Waals surface area contributed by atoms with Crippen LogP contribution in [0.5, 0.6) is 5.75 Å². The topological polar surface area (TPSA) is 47.3 Å². The standard InChI is InChI=1S/C12H20N2O/c1-4-9(2)14-8-10-5-6-12(15-3)11(13)7-10/h5-7,9,14H,4,8,13H2,1-3H3. The van der Waals surface area contributed by atoms with Crippen LogP contribution in [0.3, 0.4) is 0 Å². The number of hydrogen-bond donors (Lipinski definition) is 2. The van der Waals surface area contributed by atoms with Crippen molar-refractivity contribution in [1.29, 1.82) is 0 Å². The molecule has 1 atom stereocenters. The number of benzene rings is 1. The Bertz CT molecular complexity index is 312. The van der Waals surface area contributed by atoms with Gasteiger partial charge in [-0.2, -0.15) is 0 Å². The average molecular weight is 208 g/mol. The number of anilines is 1. The molecule has 0 radical (unpaired) electrons. The van der Waals surface area contributed by atoms with Crippen LogP contribution in [0.4, 0.5) is 5.69 Å². The van der Waals surface area contributed by atoms with Crippen molar-refractivity contribution >= 4 is 5.69 Å². The van der Waals surface area contributed by atoms with Crippen LogP contribution in [0.1, 0.15) is 25.8 Å². The van der Waals surface area contributed by atoms with Crippen molar-refractivity contribution in [3.05, 3.63) is 23.8 Å². The van der Waals surface area contributed by atoms with Gasteiger partial charge in [-0.3, -0.25) is 0 Å². The maximum atomic E-state index is 5.82. The highest BCUT2D eigenvalue weighted by atomic mass is 16.5. The minimum atomic E-state index is 0.535. The van der Waals surface area contributed by atoms with E-state index < -0.39 is 0 Å². The summed E-state index contributed by atoms with van der Waals surface area (Å²) in [6.07, 6.45) is 1.13. The van der Waals surface area contributed by atoms with Crippen molar-refractivity contribution in [3.8, 4) is 5.75 Å². The van der Waals surface area contributed by atoms with Crippen molar-refractivity contribution in [2.75, 3.05) is 12.8 Å². The third-order valence-corrected chi connectivity index (χ3v) is 2.56. The lowest BCUT2D eigenvalue weighted by molar-refractivity contribution is 0.416. The molecule has 15 heavy (non-hydrogen) atoms. The van der Waals surface area contributed by atoms with Gasteiger partial charge in [-0.15, -0.1) is 0 Å². The maximum Gasteiger partial charge on any atom is 0.141 e. The Kier molecular flexibility index (Phi) is 4.43. The summed E-state index contributed by atoms with van der Waals surface area (Å²) in [4.78, 5) is 0. The van der Waals surface area contributed by atoms with E-state index >= 15 is 0 Å². The molecule has 1 rings (SSSR count). The van der Waals surface area contributed by atoms with E-state index in [4.69, 9.17) is 10.5 Å². The summed E-state index contributed by atoms with van der Waals surface area (Å²) in [5.74, 6) is 0.738. The SMILES string of the molecule is CCC(C)NCc1ccc(OC)c(N)c1. The molecule has 0 bridgehead atoms. The van der Waals surface area contributed by atoms with Crippen LogP contribution in [0.2, 0.25) is 0 Å². The van der Waals surface area contributed by atoms with Crippen LogP contribution >= 0.6 is 0 Å². The van der Waals surface area contributed by atoms with Gasteiger partial charge < -0.3 is 15.8 Å². The number of hydrogen-bond acceptors (Lipinski definition) is 3. The second kappa shape index (κ2) is 5.61. The van der Waals surface area contributed by atoms with E-state index in [0.29, 0.717) is 11.7 Å². The molecule has 0 amide bonds. The van der Waals surface area contributed by atoms with Gasteiger partial charge in [-0.05, 0) is 31.0 Å². The number of rotatable bonds is 5. The van der Waals surface area contributed by atoms with E-state index in [9.17, 15) is 0 Å². The van der Waals surface area contributed by atoms with E-state index in [1.165, 1.54) is 5.56 Å². The van der Waals surface area contributed by atoms with Crippen molar-refractivity contribution < 1.29 is 4.74 Å². The summed E-state index contributed by atoms with van der Waals surface area (Å²) < 4.78 is 5.10. The van der Waals surface area contributed by atoms with Crippen LogP contribution < -0.4 is 15.8 Å². The van der Waals surface area contributed by atoms with Crippen molar-refractivity contribution in [2.24, 2.45) is 0 Å². The van der Waals surface area contributed by atoms with E-state index in [2.05, 4.69) is 19.2 Å². The zero-order valence-corrected chi connectivity index (χ0v) is 9.71. The minimum Gasteiger partial charge on any atom is -0.495 e. The lowest BCUT2D eigenvalue weighted by Crippen LogP contribution is -2.24. The normalized spacial score (nSPS) is 12.5. The zero-order chi connectivity index (χ0) is 11.3. The highest BCUT2D eigenvalue weighted by Gasteiger charge is 2.02. The van der Waals surface area contributed by atoms with Crippen LogP contribution in [0.15, 0.2) is 18.2 Å². The molecule has 0 heterocycles. The van der Waals surface area contributed by atoms with Crippen LogP contribution in [0, 0.1) is 0 Å². The number of ether oxygens (including phenoxy) is 1. The Morgan fingerprint density at radius 3 is 2.73 bits per heavy atom. The van der Waals surface area contributed by atoms with Crippen LogP contribution in [-0.4, -0.2) is 13.2 Å². The molecule has 0 spiro atoms. The molecule has 0 aliphatic rings. The smallest absolute Gasteiger partial charge is 0.141 e. The molecule has 0 saturated carbocycles. The lowest BCUT2D eigenvalue weighted by Gasteiger charge is -2.12. The van der Waals surface area contributed by atoms with Crippen molar-refractivity contribution in [3.63, 3.8) is 0 Å². The highest BCUT2D eigenvalue weighted by Crippen LogP contribution is 2.21. The molecule has 0 fully saturated rings. The monoisotopic (exact) mass is 208 g/mol. The summed E-state index contributed by atoms with van der Waals surface area (Å²) in [5.41, 5.74) is 7.70. The quantitative estimate of drug-likeness (QED) is 0.729. The van der Waals surface area contributed by atoms with Gasteiger partial charge in [0.1, 0.15) is 5.75 Å². The number of methoxy groups -OCH3 is 1. The van der Waals surface area contributed by atoms with Crippen molar-refractivity contribution in [2.45, 2.75) is 32.9 Å². The Balaban J connectivity index is 2.59. The fraction of sp³-hybridized carbons (Fsp3) is 0.500. The molecule has 0 aliphatic carbocycles. The second-order valence-electron chi connectivity index (χ2n) is 3.77. The van der Waals surface area contributed by atoms with Crippen molar-refractivity contribution in [1.82, 2.24) is 5.32 Å². The molecule has 84 valence electrons. The highest BCUT2D eigenvalue weighted by molar-refractivity contribution is 5.54. The molecule has 1 aromatic rings. The molecule has 1 aromatic carbocycles. The van der Waals surface area contributed by atoms with Crippen LogP contribution in [0.25, 0.3) is 0 Å². The fourth-order valence-electron chi connectivity index (χ4n) is 1.33. The molecule has 1 unspecified atom stereocenters. The van der Waals surface area contributed by atoms with Gasteiger partial charge in [0.15, 0.2) is 0 Å². The summed E-state index contributed by atoms with van der Waals surface area (Å²) in [5, 5.41) is 3.42. The number of nitrogens with two attached hydrogens (primary N) is 1. The number of nitrogen functional groups attached to an aromatic ring is 1. The Morgan fingerprint density at radius 2 is 2.20 bits per heavy atom. The third kappa shape index (κ3) is 3.44. The fourth-order valence-corrected chi connectivity index (χ4v) is 1.33. The van der Waals surface area contributed by atoms with E-state index in [0.717, 1.165) is 18.7 Å². The maximum absolute atomic E-state index is 5.82. The summed E-state index contributed by atoms with van der Waals surface area (Å²) >= 11 is 0. The first-order chi connectivity index (χ1) is 7.17. The zero-order valence-electron chi connectivity index (χ0n) is 9.71. The van der Waals surface area contributed by atoms with Gasteiger partial charge in [-0.25, -0.2) is 0 Å². The van der Waals surface area contributed by atoms with Crippen LogP contribution in [-0.2, 0) is 6.54 Å². The summed E-state index contributed by atoms with van der Waals surface area (Å²) in [7, 11) is 1.63. The molecule has 0 aromatic heterocycles. The van der Waals surface area contributed by atoms with Gasteiger partial charge >= 0.3 is 0 Å². The third-order valence-electron chi connectivity index (χ3n) is 2.56. The first kappa shape index (κ1) is 11.9. The molecular formula is C12H20N2O. The molecule has 0 aliphatic heterocycles. The molecule has 3 N–H and O–H groups in total. The molecule has 0 saturated heterocycles. The Labute approximate surface area is 91.6 Å². The first-order valence-electron chi connectivity index (χ1n) is 5.33. The van der Waals surface area contributed by atoms with E-state index in [-0.39, 0.29) is 0 Å². The van der Waals surface area contributed by atoms with E-state index in [1.54, 1.807) is 7.11 Å². The van der Waals surface area contributed by atoms with Gasteiger partial charge in [0.25, 0.3) is 0 Å². The number of nitrogens with one attached hydrogen (secondary N) is 1. The second-order valence-corrected chi connectivity index (χ2v) is 3.77. The lowest BCUT2D eigenvalue weighted by atomic mass is 10.1. The predicted molar refractivity (Wildman–Crippen MR) is 64.0 cm³/mol. The summed E-state index contributed by atoms with van der Waals surface area (Å²) in [6.45, 7) is 5.19. The summed E-state index contributed by atoms with van der Waals surface area (Å²) in [6, 6.07) is 6.43. The Hall–Kier alpha value is -1.22. The van der Waals surface area contributed by atoms with Gasteiger partial charge in [0.05, 0.1) is 12.8 Å². The average Bonchev–Trinajstić information content (AvgIpc) is 2.26.